The molecule has 0 unspecified atom stereocenters. The van der Waals surface area contributed by atoms with Gasteiger partial charge in [0.15, 0.2) is 11.5 Å². The van der Waals surface area contributed by atoms with Gasteiger partial charge >= 0.3 is 0 Å². The molecule has 3 aromatic rings. The quantitative estimate of drug-likeness (QED) is 0.344. The van der Waals surface area contributed by atoms with Crippen LogP contribution < -0.4 is 19.1 Å². The lowest BCUT2D eigenvalue weighted by Gasteiger charge is -2.33. The molecule has 0 saturated carbocycles. The summed E-state index contributed by atoms with van der Waals surface area (Å²) in [5.41, 5.74) is 0.980. The Balaban J connectivity index is 1.75. The highest BCUT2D eigenvalue weighted by Gasteiger charge is 2.34. The molecule has 11 heteroatoms. The minimum absolute atomic E-state index is 0.0246. The van der Waals surface area contributed by atoms with Crippen molar-refractivity contribution < 1.29 is 27.5 Å². The number of amides is 2. The van der Waals surface area contributed by atoms with E-state index in [2.05, 4.69) is 5.32 Å². The molecule has 41 heavy (non-hydrogen) atoms. The van der Waals surface area contributed by atoms with E-state index in [9.17, 15) is 18.0 Å². The summed E-state index contributed by atoms with van der Waals surface area (Å²) in [6, 6.07) is 18.6. The van der Waals surface area contributed by atoms with Gasteiger partial charge in [-0.1, -0.05) is 48.9 Å². The lowest BCUT2D eigenvalue weighted by molar-refractivity contribution is -0.140. The Kier molecular flexibility index (Phi) is 9.77. The second kappa shape index (κ2) is 13.3. The van der Waals surface area contributed by atoms with Crippen LogP contribution in [0.15, 0.2) is 77.7 Å². The summed E-state index contributed by atoms with van der Waals surface area (Å²) in [6.45, 7) is 5.73. The minimum atomic E-state index is -4.19. The van der Waals surface area contributed by atoms with E-state index in [1.54, 1.807) is 60.7 Å². The van der Waals surface area contributed by atoms with Gasteiger partial charge in [-0.25, -0.2) is 8.42 Å². The van der Waals surface area contributed by atoms with Crippen LogP contribution in [0, 0.1) is 0 Å². The molecule has 3 aromatic carbocycles. The molecule has 0 radical (unpaired) electrons. The molecule has 0 aliphatic carbocycles. The number of nitrogens with one attached hydrogen (secondary N) is 1. The molecular weight excluding hydrogens is 566 g/mol. The Morgan fingerprint density at radius 2 is 1.61 bits per heavy atom. The molecular formula is C30H34ClN3O6S. The zero-order chi connectivity index (χ0) is 29.6. The number of hydrogen-bond donors (Lipinski definition) is 1. The van der Waals surface area contributed by atoms with Gasteiger partial charge in [0.25, 0.3) is 10.0 Å². The maximum atomic E-state index is 14.1. The highest BCUT2D eigenvalue weighted by Crippen LogP contribution is 2.36. The molecule has 1 aliphatic rings. The summed E-state index contributed by atoms with van der Waals surface area (Å²) in [7, 11) is -4.19. The Bertz CT molecular complexity index is 1470. The predicted octanol–water partition coefficient (Wildman–Crippen LogP) is 4.64. The summed E-state index contributed by atoms with van der Waals surface area (Å²) in [5.74, 6) is 0.0149. The SMILES string of the molecule is CC[C@H](C(=O)NC(C)C)N(Cc1ccc(Cl)cc1)C(=O)CN(c1ccc2c(c1)OCCO2)S(=O)(=O)c1ccccc1. The van der Waals surface area contributed by atoms with Gasteiger partial charge in [0.1, 0.15) is 25.8 Å². The van der Waals surface area contributed by atoms with Gasteiger partial charge in [-0.2, -0.15) is 0 Å². The number of ether oxygens (including phenoxy) is 2. The Labute approximate surface area is 246 Å². The van der Waals surface area contributed by atoms with E-state index in [1.807, 2.05) is 20.8 Å². The third-order valence-corrected chi connectivity index (χ3v) is 8.55. The number of nitrogens with zero attached hydrogens (tertiary/aromatic N) is 2. The van der Waals surface area contributed by atoms with Crippen LogP contribution in [0.3, 0.4) is 0 Å². The van der Waals surface area contributed by atoms with Crippen LogP contribution in [0.1, 0.15) is 32.8 Å². The van der Waals surface area contributed by atoms with Gasteiger partial charge in [0.2, 0.25) is 11.8 Å². The number of halogens is 1. The highest BCUT2D eigenvalue weighted by atomic mass is 35.5. The number of benzene rings is 3. The fourth-order valence-corrected chi connectivity index (χ4v) is 6.08. The number of carbonyl (C=O) groups excluding carboxylic acids is 2. The summed E-state index contributed by atoms with van der Waals surface area (Å²) in [5, 5.41) is 3.42. The van der Waals surface area contributed by atoms with Crippen LogP contribution in [-0.4, -0.2) is 57.0 Å². The van der Waals surface area contributed by atoms with Crippen molar-refractivity contribution in [1.29, 1.82) is 0 Å². The van der Waals surface area contributed by atoms with Gasteiger partial charge < -0.3 is 19.7 Å². The van der Waals surface area contributed by atoms with Gasteiger partial charge in [-0.3, -0.25) is 13.9 Å². The van der Waals surface area contributed by atoms with Crippen LogP contribution in [0.2, 0.25) is 5.02 Å². The second-order valence-corrected chi connectivity index (χ2v) is 12.2. The monoisotopic (exact) mass is 599 g/mol. The molecule has 1 atom stereocenters. The summed E-state index contributed by atoms with van der Waals surface area (Å²) in [4.78, 5) is 28.8. The summed E-state index contributed by atoms with van der Waals surface area (Å²) in [6.07, 6.45) is 0.327. The van der Waals surface area contributed by atoms with Crippen LogP contribution in [0.5, 0.6) is 11.5 Å². The first-order valence-electron chi connectivity index (χ1n) is 13.4. The predicted molar refractivity (Wildman–Crippen MR) is 158 cm³/mol. The average molecular weight is 600 g/mol. The zero-order valence-corrected chi connectivity index (χ0v) is 24.8. The third-order valence-electron chi connectivity index (χ3n) is 6.51. The van der Waals surface area contributed by atoms with E-state index in [1.165, 1.54) is 17.0 Å². The molecule has 218 valence electrons. The van der Waals surface area contributed by atoms with E-state index < -0.39 is 28.5 Å². The Morgan fingerprint density at radius 3 is 2.24 bits per heavy atom. The normalized spacial score (nSPS) is 13.4. The molecule has 0 fully saturated rings. The molecule has 0 spiro atoms. The van der Waals surface area contributed by atoms with Crippen LogP contribution >= 0.6 is 11.6 Å². The maximum Gasteiger partial charge on any atom is 0.264 e. The van der Waals surface area contributed by atoms with Crippen molar-refractivity contribution in [2.75, 3.05) is 24.1 Å². The second-order valence-electron chi connectivity index (χ2n) is 9.89. The molecule has 0 bridgehead atoms. The molecule has 0 saturated heterocycles. The van der Waals surface area contributed by atoms with Crippen molar-refractivity contribution in [3.63, 3.8) is 0 Å². The fraction of sp³-hybridized carbons (Fsp3) is 0.333. The molecule has 1 heterocycles. The lowest BCUT2D eigenvalue weighted by atomic mass is 10.1. The first kappa shape index (κ1) is 30.2. The van der Waals surface area contributed by atoms with Crippen molar-refractivity contribution >= 4 is 39.1 Å². The van der Waals surface area contributed by atoms with E-state index in [4.69, 9.17) is 21.1 Å². The van der Waals surface area contributed by atoms with Crippen molar-refractivity contribution in [1.82, 2.24) is 10.2 Å². The van der Waals surface area contributed by atoms with Gasteiger partial charge in [0, 0.05) is 23.7 Å². The van der Waals surface area contributed by atoms with E-state index >= 15 is 0 Å². The van der Waals surface area contributed by atoms with Crippen molar-refractivity contribution in [3.8, 4) is 11.5 Å². The fourth-order valence-electron chi connectivity index (χ4n) is 4.52. The van der Waals surface area contributed by atoms with Gasteiger partial charge in [-0.15, -0.1) is 0 Å². The molecule has 1 aliphatic heterocycles. The zero-order valence-electron chi connectivity index (χ0n) is 23.2. The topological polar surface area (TPSA) is 105 Å². The third kappa shape index (κ3) is 7.31. The highest BCUT2D eigenvalue weighted by molar-refractivity contribution is 7.92. The Morgan fingerprint density at radius 1 is 0.951 bits per heavy atom. The summed E-state index contributed by atoms with van der Waals surface area (Å²) < 4.78 is 40.3. The first-order valence-corrected chi connectivity index (χ1v) is 15.2. The number of sulfonamides is 1. The van der Waals surface area contributed by atoms with Crippen LogP contribution in [0.25, 0.3) is 0 Å². The smallest absolute Gasteiger partial charge is 0.264 e. The van der Waals surface area contributed by atoms with Crippen LogP contribution in [0.4, 0.5) is 5.69 Å². The number of rotatable bonds is 11. The van der Waals surface area contributed by atoms with Crippen molar-refractivity contribution in [3.05, 3.63) is 83.4 Å². The van der Waals surface area contributed by atoms with E-state index in [0.717, 1.165) is 9.87 Å². The Hall–Kier alpha value is -3.76. The maximum absolute atomic E-state index is 14.1. The number of carbonyl (C=O) groups is 2. The van der Waals surface area contributed by atoms with E-state index in [-0.39, 0.29) is 29.1 Å². The first-order chi connectivity index (χ1) is 19.6. The van der Waals surface area contributed by atoms with Crippen LogP contribution in [-0.2, 0) is 26.2 Å². The van der Waals surface area contributed by atoms with Gasteiger partial charge in [-0.05, 0) is 62.2 Å². The standard InChI is InChI=1S/C30H34ClN3O6S/c1-4-26(30(36)32-21(2)3)33(19-22-10-12-23(31)13-11-22)29(35)20-34(41(37,38)25-8-6-5-7-9-25)24-14-15-27-28(18-24)40-17-16-39-27/h5-15,18,21,26H,4,16-17,19-20H2,1-3H3,(H,32,36)/t26-/m1/s1. The summed E-state index contributed by atoms with van der Waals surface area (Å²) >= 11 is 6.07. The molecule has 1 N–H and O–H groups in total. The van der Waals surface area contributed by atoms with Gasteiger partial charge in [0.05, 0.1) is 10.6 Å². The number of anilines is 1. The lowest BCUT2D eigenvalue weighted by Crippen LogP contribution is -2.53. The molecule has 9 nitrogen and oxygen atoms in total. The minimum Gasteiger partial charge on any atom is -0.486 e. The van der Waals surface area contributed by atoms with Crippen molar-refractivity contribution in [2.24, 2.45) is 0 Å². The molecule has 0 aromatic heterocycles. The van der Waals surface area contributed by atoms with E-state index in [0.29, 0.717) is 36.2 Å². The largest absolute Gasteiger partial charge is 0.486 e. The number of hydrogen-bond acceptors (Lipinski definition) is 6. The molecule has 2 amide bonds. The molecule has 4 rings (SSSR count). The van der Waals surface area contributed by atoms with Crippen molar-refractivity contribution in [2.45, 2.75) is 50.7 Å². The average Bonchev–Trinajstić information content (AvgIpc) is 2.96. The number of fused-ring (bicyclic) bond motifs is 1.